The van der Waals surface area contributed by atoms with Crippen molar-refractivity contribution >= 4 is 0 Å². The van der Waals surface area contributed by atoms with E-state index in [9.17, 15) is 0 Å². The van der Waals surface area contributed by atoms with Crippen molar-refractivity contribution in [1.29, 1.82) is 0 Å². The largest absolute Gasteiger partial charge is 0.310 e. The van der Waals surface area contributed by atoms with E-state index in [-0.39, 0.29) is 0 Å². The minimum absolute atomic E-state index is 0.709. The Morgan fingerprint density at radius 2 is 1.62 bits per heavy atom. The molecule has 0 aliphatic heterocycles. The van der Waals surface area contributed by atoms with Gasteiger partial charge in [-0.3, -0.25) is 0 Å². The van der Waals surface area contributed by atoms with Crippen LogP contribution in [0.4, 0.5) is 0 Å². The monoisotopic (exact) mass is 287 g/mol. The molecule has 0 heterocycles. The highest BCUT2D eigenvalue weighted by Crippen LogP contribution is 2.27. The third-order valence-electron chi connectivity index (χ3n) is 4.89. The molecule has 1 fully saturated rings. The average Bonchev–Trinajstić information content (AvgIpc) is 2.50. The maximum atomic E-state index is 3.82. The van der Waals surface area contributed by atoms with E-state index in [1.54, 1.807) is 0 Å². The summed E-state index contributed by atoms with van der Waals surface area (Å²) >= 11 is 0. The highest BCUT2D eigenvalue weighted by atomic mass is 14.9. The van der Waals surface area contributed by atoms with Gasteiger partial charge in [-0.15, -0.1) is 0 Å². The van der Waals surface area contributed by atoms with Gasteiger partial charge in [-0.2, -0.15) is 0 Å². The van der Waals surface area contributed by atoms with Crippen molar-refractivity contribution in [3.8, 4) is 0 Å². The van der Waals surface area contributed by atoms with Crippen molar-refractivity contribution in [2.75, 3.05) is 0 Å². The number of hydrogen-bond acceptors (Lipinski definition) is 1. The second kappa shape index (κ2) is 8.58. The summed E-state index contributed by atoms with van der Waals surface area (Å²) < 4.78 is 0. The van der Waals surface area contributed by atoms with E-state index >= 15 is 0 Å². The van der Waals surface area contributed by atoms with Crippen LogP contribution in [0.1, 0.15) is 70.4 Å². The molecule has 21 heavy (non-hydrogen) atoms. The van der Waals surface area contributed by atoms with Gasteiger partial charge in [0.1, 0.15) is 0 Å². The number of hydrogen-bond donors (Lipinski definition) is 1. The fourth-order valence-electron chi connectivity index (χ4n) is 3.69. The van der Waals surface area contributed by atoms with Gasteiger partial charge in [-0.25, -0.2) is 0 Å². The van der Waals surface area contributed by atoms with Crippen LogP contribution in [0.2, 0.25) is 0 Å². The fourth-order valence-corrected chi connectivity index (χ4v) is 3.69. The Balaban J connectivity index is 1.83. The van der Waals surface area contributed by atoms with E-state index in [0.717, 1.165) is 18.4 Å². The molecule has 0 radical (unpaired) electrons. The summed E-state index contributed by atoms with van der Waals surface area (Å²) in [6.07, 6.45) is 9.63. The number of benzene rings is 1. The summed E-state index contributed by atoms with van der Waals surface area (Å²) in [6, 6.07) is 9.92. The molecule has 1 aliphatic rings. The van der Waals surface area contributed by atoms with Gasteiger partial charge in [-0.1, -0.05) is 64.3 Å². The summed E-state index contributed by atoms with van der Waals surface area (Å²) in [5.41, 5.74) is 2.89. The van der Waals surface area contributed by atoms with Crippen molar-refractivity contribution < 1.29 is 0 Å². The molecule has 0 bridgehead atoms. The van der Waals surface area contributed by atoms with Gasteiger partial charge in [0.15, 0.2) is 0 Å². The quantitative estimate of drug-likeness (QED) is 0.714. The summed E-state index contributed by atoms with van der Waals surface area (Å²) in [6.45, 7) is 7.92. The van der Waals surface area contributed by atoms with Crippen molar-refractivity contribution in [3.63, 3.8) is 0 Å². The molecular formula is C20H33N. The highest BCUT2D eigenvalue weighted by molar-refractivity contribution is 5.22. The first-order valence-electron chi connectivity index (χ1n) is 9.00. The molecule has 1 unspecified atom stereocenters. The van der Waals surface area contributed by atoms with Crippen molar-refractivity contribution in [3.05, 3.63) is 35.4 Å². The van der Waals surface area contributed by atoms with Crippen molar-refractivity contribution in [2.24, 2.45) is 11.8 Å². The molecule has 0 aromatic heterocycles. The third-order valence-corrected chi connectivity index (χ3v) is 4.89. The van der Waals surface area contributed by atoms with E-state index in [1.807, 2.05) is 0 Å². The van der Waals surface area contributed by atoms with E-state index in [4.69, 9.17) is 0 Å². The Bertz CT molecular complexity index is 387. The van der Waals surface area contributed by atoms with Gasteiger partial charge in [0.25, 0.3) is 0 Å². The van der Waals surface area contributed by atoms with E-state index < -0.39 is 0 Å². The minimum Gasteiger partial charge on any atom is -0.310 e. The Morgan fingerprint density at radius 3 is 2.19 bits per heavy atom. The van der Waals surface area contributed by atoms with E-state index in [1.165, 1.54) is 56.1 Å². The smallest absolute Gasteiger partial charge is 0.0208 e. The molecule has 1 heteroatoms. The molecule has 1 aromatic carbocycles. The van der Waals surface area contributed by atoms with Crippen LogP contribution < -0.4 is 5.32 Å². The van der Waals surface area contributed by atoms with Gasteiger partial charge in [0, 0.05) is 12.6 Å². The Morgan fingerprint density at radius 1 is 1.00 bits per heavy atom. The van der Waals surface area contributed by atoms with Gasteiger partial charge in [-0.05, 0) is 48.6 Å². The molecule has 2 rings (SSSR count). The molecule has 0 amide bonds. The molecule has 1 nitrogen and oxygen atoms in total. The lowest BCUT2D eigenvalue weighted by Gasteiger charge is -2.30. The van der Waals surface area contributed by atoms with Crippen LogP contribution in [-0.2, 0) is 13.0 Å². The van der Waals surface area contributed by atoms with Crippen molar-refractivity contribution in [1.82, 2.24) is 5.32 Å². The fraction of sp³-hybridized carbons (Fsp3) is 0.700. The maximum absolute atomic E-state index is 3.82. The Labute approximate surface area is 131 Å². The summed E-state index contributed by atoms with van der Waals surface area (Å²) in [5, 5.41) is 3.82. The molecule has 1 N–H and O–H groups in total. The standard InChI is InChI=1S/C20H33N/c1-4-20(19-8-6-5-7-9-19)21-15-18-12-10-17(11-13-18)14-16(2)3/h10-13,16,19-21H,4-9,14-15H2,1-3H3. The van der Waals surface area contributed by atoms with Crippen LogP contribution in [-0.4, -0.2) is 6.04 Å². The normalized spacial score (nSPS) is 18.1. The molecule has 0 saturated heterocycles. The lowest BCUT2D eigenvalue weighted by atomic mass is 9.83. The Kier molecular flexibility index (Phi) is 6.76. The van der Waals surface area contributed by atoms with Gasteiger partial charge in [0.2, 0.25) is 0 Å². The summed E-state index contributed by atoms with van der Waals surface area (Å²) in [5.74, 6) is 1.65. The van der Waals surface area contributed by atoms with Crippen LogP contribution in [0.3, 0.4) is 0 Å². The zero-order valence-corrected chi connectivity index (χ0v) is 14.2. The Hall–Kier alpha value is -0.820. The molecule has 1 aromatic rings. The first-order valence-corrected chi connectivity index (χ1v) is 9.00. The van der Waals surface area contributed by atoms with Crippen LogP contribution >= 0.6 is 0 Å². The van der Waals surface area contributed by atoms with E-state index in [2.05, 4.69) is 50.4 Å². The predicted octanol–water partition coefficient (Wildman–Crippen LogP) is 5.33. The predicted molar refractivity (Wildman–Crippen MR) is 92.5 cm³/mol. The molecular weight excluding hydrogens is 254 g/mol. The topological polar surface area (TPSA) is 12.0 Å². The van der Waals surface area contributed by atoms with Gasteiger partial charge < -0.3 is 5.32 Å². The second-order valence-corrected chi connectivity index (χ2v) is 7.21. The first-order chi connectivity index (χ1) is 10.2. The molecule has 118 valence electrons. The summed E-state index contributed by atoms with van der Waals surface area (Å²) in [4.78, 5) is 0. The second-order valence-electron chi connectivity index (χ2n) is 7.21. The molecule has 1 aliphatic carbocycles. The van der Waals surface area contributed by atoms with E-state index in [0.29, 0.717) is 6.04 Å². The molecule has 1 atom stereocenters. The lowest BCUT2D eigenvalue weighted by molar-refractivity contribution is 0.262. The third kappa shape index (κ3) is 5.47. The first kappa shape index (κ1) is 16.5. The molecule has 0 spiro atoms. The minimum atomic E-state index is 0.709. The van der Waals surface area contributed by atoms with Crippen LogP contribution in [0.25, 0.3) is 0 Å². The zero-order chi connectivity index (χ0) is 15.1. The lowest BCUT2D eigenvalue weighted by Crippen LogP contribution is -2.36. The van der Waals surface area contributed by atoms with Crippen LogP contribution in [0.5, 0.6) is 0 Å². The molecule has 1 saturated carbocycles. The van der Waals surface area contributed by atoms with Crippen molar-refractivity contribution in [2.45, 2.75) is 78.3 Å². The van der Waals surface area contributed by atoms with Crippen LogP contribution in [0, 0.1) is 11.8 Å². The van der Waals surface area contributed by atoms with Crippen LogP contribution in [0.15, 0.2) is 24.3 Å². The SMILES string of the molecule is CCC(NCc1ccc(CC(C)C)cc1)C1CCCCC1. The average molecular weight is 287 g/mol. The zero-order valence-electron chi connectivity index (χ0n) is 14.2. The number of nitrogens with one attached hydrogen (secondary N) is 1. The highest BCUT2D eigenvalue weighted by Gasteiger charge is 2.21. The summed E-state index contributed by atoms with van der Waals surface area (Å²) in [7, 11) is 0. The van der Waals surface area contributed by atoms with Gasteiger partial charge >= 0.3 is 0 Å². The number of rotatable bonds is 7. The maximum Gasteiger partial charge on any atom is 0.0208 e. The van der Waals surface area contributed by atoms with Gasteiger partial charge in [0.05, 0.1) is 0 Å².